The maximum absolute atomic E-state index is 2.56. The molecular weight excluding hydrogens is 194 g/mol. The highest BCUT2D eigenvalue weighted by atomic mass is 15.2. The Morgan fingerprint density at radius 2 is 1.94 bits per heavy atom. The molecule has 0 saturated heterocycles. The smallest absolute Gasteiger partial charge is 0.0405 e. The largest absolute Gasteiger partial charge is 0.370 e. The lowest BCUT2D eigenvalue weighted by atomic mass is 9.87. The minimum absolute atomic E-state index is 0.322. The van der Waals surface area contributed by atoms with Gasteiger partial charge in [0, 0.05) is 24.2 Å². The molecule has 1 heterocycles. The van der Waals surface area contributed by atoms with Crippen LogP contribution in [0, 0.1) is 0 Å². The number of benzene rings is 1. The van der Waals surface area contributed by atoms with Crippen molar-refractivity contribution >= 4 is 5.69 Å². The molecule has 0 atom stereocenters. The summed E-state index contributed by atoms with van der Waals surface area (Å²) in [7, 11) is 0. The Balaban J connectivity index is 2.13. The third kappa shape index (κ3) is 2.09. The van der Waals surface area contributed by atoms with Crippen molar-refractivity contribution in [1.29, 1.82) is 0 Å². The summed E-state index contributed by atoms with van der Waals surface area (Å²) < 4.78 is 0. The zero-order valence-corrected chi connectivity index (χ0v) is 10.8. The molecular formula is C15H23N. The van der Waals surface area contributed by atoms with Gasteiger partial charge in [0.1, 0.15) is 0 Å². The van der Waals surface area contributed by atoms with Crippen LogP contribution >= 0.6 is 0 Å². The molecule has 1 heteroatoms. The molecule has 88 valence electrons. The summed E-state index contributed by atoms with van der Waals surface area (Å²) >= 11 is 0. The molecule has 1 aromatic rings. The van der Waals surface area contributed by atoms with Gasteiger partial charge in [-0.1, -0.05) is 51.8 Å². The van der Waals surface area contributed by atoms with E-state index in [-0.39, 0.29) is 0 Å². The van der Waals surface area contributed by atoms with Gasteiger partial charge in [-0.2, -0.15) is 0 Å². The molecule has 0 aliphatic carbocycles. The first-order valence-corrected chi connectivity index (χ1v) is 6.49. The Morgan fingerprint density at radius 1 is 1.19 bits per heavy atom. The van der Waals surface area contributed by atoms with E-state index < -0.39 is 0 Å². The number of nitrogens with zero attached hydrogens (tertiary/aromatic N) is 1. The van der Waals surface area contributed by atoms with E-state index in [1.165, 1.54) is 43.6 Å². The van der Waals surface area contributed by atoms with Gasteiger partial charge in [0.05, 0.1) is 0 Å². The summed E-state index contributed by atoms with van der Waals surface area (Å²) in [5.74, 6) is 0. The molecule has 16 heavy (non-hydrogen) atoms. The molecule has 1 aliphatic rings. The number of para-hydroxylation sites is 1. The maximum Gasteiger partial charge on any atom is 0.0405 e. The molecule has 0 N–H and O–H groups in total. The number of fused-ring (bicyclic) bond motifs is 1. The number of hydrogen-bond donors (Lipinski definition) is 0. The van der Waals surface area contributed by atoms with Crippen molar-refractivity contribution in [1.82, 2.24) is 0 Å². The van der Waals surface area contributed by atoms with E-state index in [0.29, 0.717) is 5.41 Å². The van der Waals surface area contributed by atoms with Gasteiger partial charge in [-0.25, -0.2) is 0 Å². The molecule has 2 rings (SSSR count). The van der Waals surface area contributed by atoms with Crippen LogP contribution in [0.3, 0.4) is 0 Å². The molecule has 0 unspecified atom stereocenters. The highest BCUT2D eigenvalue weighted by Crippen LogP contribution is 2.40. The number of rotatable bonds is 4. The first-order chi connectivity index (χ1) is 7.65. The first kappa shape index (κ1) is 11.5. The van der Waals surface area contributed by atoms with Crippen molar-refractivity contribution in [2.45, 2.75) is 45.4 Å². The van der Waals surface area contributed by atoms with Gasteiger partial charge in [-0.05, 0) is 18.1 Å². The average Bonchev–Trinajstić information content (AvgIpc) is 2.52. The normalized spacial score (nSPS) is 17.6. The topological polar surface area (TPSA) is 3.24 Å². The van der Waals surface area contributed by atoms with E-state index in [2.05, 4.69) is 49.9 Å². The lowest BCUT2D eigenvalue weighted by Gasteiger charge is -2.22. The van der Waals surface area contributed by atoms with E-state index in [4.69, 9.17) is 0 Å². The molecule has 1 aromatic carbocycles. The van der Waals surface area contributed by atoms with Crippen LogP contribution in [-0.4, -0.2) is 13.1 Å². The second kappa shape index (κ2) is 4.48. The maximum atomic E-state index is 2.56. The summed E-state index contributed by atoms with van der Waals surface area (Å²) in [6, 6.07) is 8.88. The summed E-state index contributed by atoms with van der Waals surface area (Å²) in [5, 5.41) is 0. The monoisotopic (exact) mass is 217 g/mol. The molecule has 0 spiro atoms. The molecule has 0 amide bonds. The Kier molecular flexibility index (Phi) is 3.22. The summed E-state index contributed by atoms with van der Waals surface area (Å²) in [4.78, 5) is 2.56. The molecule has 1 nitrogen and oxygen atoms in total. The molecule has 0 fully saturated rings. The molecule has 1 aliphatic heterocycles. The fourth-order valence-electron chi connectivity index (χ4n) is 2.72. The Hall–Kier alpha value is -0.980. The quantitative estimate of drug-likeness (QED) is 0.690. The summed E-state index contributed by atoms with van der Waals surface area (Å²) in [5.41, 5.74) is 3.30. The zero-order chi connectivity index (χ0) is 11.6. The van der Waals surface area contributed by atoms with E-state index in [1.807, 2.05) is 0 Å². The van der Waals surface area contributed by atoms with Crippen LogP contribution in [0.15, 0.2) is 24.3 Å². The van der Waals surface area contributed by atoms with Gasteiger partial charge in [0.2, 0.25) is 0 Å². The van der Waals surface area contributed by atoms with Gasteiger partial charge in [0.15, 0.2) is 0 Å². The molecule has 0 bridgehead atoms. The fraction of sp³-hybridized carbons (Fsp3) is 0.600. The lowest BCUT2D eigenvalue weighted by Crippen LogP contribution is -2.29. The summed E-state index contributed by atoms with van der Waals surface area (Å²) in [6.07, 6.45) is 3.97. The van der Waals surface area contributed by atoms with Crippen LogP contribution < -0.4 is 4.90 Å². The Bertz CT molecular complexity index is 354. The van der Waals surface area contributed by atoms with Gasteiger partial charge in [0.25, 0.3) is 0 Å². The van der Waals surface area contributed by atoms with Gasteiger partial charge >= 0.3 is 0 Å². The lowest BCUT2D eigenvalue weighted by molar-refractivity contribution is 0.543. The van der Waals surface area contributed by atoms with Crippen molar-refractivity contribution in [3.8, 4) is 0 Å². The van der Waals surface area contributed by atoms with E-state index >= 15 is 0 Å². The van der Waals surface area contributed by atoms with Crippen LogP contribution in [0.4, 0.5) is 5.69 Å². The van der Waals surface area contributed by atoms with E-state index in [1.54, 1.807) is 0 Å². The number of anilines is 1. The van der Waals surface area contributed by atoms with Crippen LogP contribution in [0.5, 0.6) is 0 Å². The average molecular weight is 217 g/mol. The van der Waals surface area contributed by atoms with Crippen molar-refractivity contribution in [3.63, 3.8) is 0 Å². The second-order valence-corrected chi connectivity index (χ2v) is 5.53. The molecule has 0 saturated carbocycles. The Morgan fingerprint density at radius 3 is 2.69 bits per heavy atom. The highest BCUT2D eigenvalue weighted by Gasteiger charge is 2.33. The zero-order valence-electron chi connectivity index (χ0n) is 10.8. The van der Waals surface area contributed by atoms with Crippen LogP contribution in [0.1, 0.15) is 45.6 Å². The number of hydrogen-bond acceptors (Lipinski definition) is 1. The van der Waals surface area contributed by atoms with Gasteiger partial charge in [-0.3, -0.25) is 0 Å². The first-order valence-electron chi connectivity index (χ1n) is 6.49. The summed E-state index contributed by atoms with van der Waals surface area (Å²) in [6.45, 7) is 9.36. The van der Waals surface area contributed by atoms with Gasteiger partial charge in [-0.15, -0.1) is 0 Å². The van der Waals surface area contributed by atoms with Crippen molar-refractivity contribution in [3.05, 3.63) is 29.8 Å². The standard InChI is InChI=1S/C15H23N/c1-4-5-8-11-16-12-15(2,3)13-9-6-7-10-14(13)16/h6-7,9-10H,4-5,8,11-12H2,1-3H3. The van der Waals surface area contributed by atoms with E-state index in [9.17, 15) is 0 Å². The van der Waals surface area contributed by atoms with Crippen molar-refractivity contribution in [2.75, 3.05) is 18.0 Å². The minimum Gasteiger partial charge on any atom is -0.370 e. The van der Waals surface area contributed by atoms with Crippen molar-refractivity contribution < 1.29 is 0 Å². The highest BCUT2D eigenvalue weighted by molar-refractivity contribution is 5.61. The molecule has 0 aromatic heterocycles. The van der Waals surface area contributed by atoms with Crippen molar-refractivity contribution in [2.24, 2.45) is 0 Å². The van der Waals surface area contributed by atoms with Gasteiger partial charge < -0.3 is 4.90 Å². The third-order valence-electron chi connectivity index (χ3n) is 3.59. The van der Waals surface area contributed by atoms with Crippen LogP contribution in [0.2, 0.25) is 0 Å². The molecule has 0 radical (unpaired) electrons. The predicted octanol–water partition coefficient (Wildman–Crippen LogP) is 3.97. The van der Waals surface area contributed by atoms with Crippen LogP contribution in [-0.2, 0) is 5.41 Å². The number of unbranched alkanes of at least 4 members (excludes halogenated alkanes) is 2. The second-order valence-electron chi connectivity index (χ2n) is 5.53. The predicted molar refractivity (Wildman–Crippen MR) is 71.2 cm³/mol. The third-order valence-corrected chi connectivity index (χ3v) is 3.59. The fourth-order valence-corrected chi connectivity index (χ4v) is 2.72. The van der Waals surface area contributed by atoms with Crippen LogP contribution in [0.25, 0.3) is 0 Å². The SMILES string of the molecule is CCCCCN1CC(C)(C)c2ccccc21. The Labute approximate surface area is 99.5 Å². The van der Waals surface area contributed by atoms with E-state index in [0.717, 1.165) is 0 Å². The minimum atomic E-state index is 0.322.